The van der Waals surface area contributed by atoms with E-state index in [2.05, 4.69) is 75.2 Å². The summed E-state index contributed by atoms with van der Waals surface area (Å²) < 4.78 is 10.6. The molecule has 2 aromatic carbocycles. The number of methoxy groups -OCH3 is 2. The molecule has 0 aromatic heterocycles. The van der Waals surface area contributed by atoms with Gasteiger partial charge in [0.2, 0.25) is 0 Å². The van der Waals surface area contributed by atoms with Crippen molar-refractivity contribution >= 4 is 17.5 Å². The van der Waals surface area contributed by atoms with E-state index in [0.717, 1.165) is 29.8 Å². The summed E-state index contributed by atoms with van der Waals surface area (Å²) in [6.07, 6.45) is 10.8. The molecule has 0 bridgehead atoms. The molecule has 0 unspecified atom stereocenters. The van der Waals surface area contributed by atoms with Crippen LogP contribution in [0.4, 0.5) is 11.4 Å². The van der Waals surface area contributed by atoms with Crippen molar-refractivity contribution in [3.63, 3.8) is 0 Å². The van der Waals surface area contributed by atoms with Crippen LogP contribution in [0.3, 0.4) is 0 Å². The summed E-state index contributed by atoms with van der Waals surface area (Å²) in [7, 11) is 3.27. The van der Waals surface area contributed by atoms with E-state index in [1.807, 2.05) is 24.3 Å². The van der Waals surface area contributed by atoms with E-state index in [1.54, 1.807) is 14.2 Å². The maximum atomic E-state index is 5.36. The van der Waals surface area contributed by atoms with Crippen LogP contribution in [-0.2, 0) is 0 Å². The van der Waals surface area contributed by atoms with Crippen LogP contribution in [0.25, 0.3) is 6.08 Å². The lowest BCUT2D eigenvalue weighted by atomic mass is 9.84. The number of allylic oxidation sites excluding steroid dienone is 4. The lowest BCUT2D eigenvalue weighted by Gasteiger charge is -2.20. The van der Waals surface area contributed by atoms with E-state index >= 15 is 0 Å². The predicted molar refractivity (Wildman–Crippen MR) is 125 cm³/mol. The highest BCUT2D eigenvalue weighted by molar-refractivity contribution is 5.65. The number of hydrogen-bond acceptors (Lipinski definition) is 3. The van der Waals surface area contributed by atoms with Crippen molar-refractivity contribution in [1.82, 2.24) is 0 Å². The third-order valence-electron chi connectivity index (χ3n) is 4.94. The van der Waals surface area contributed by atoms with Crippen LogP contribution in [0.5, 0.6) is 11.5 Å². The molecule has 0 saturated heterocycles. The molecule has 29 heavy (non-hydrogen) atoms. The fourth-order valence-electron chi connectivity index (χ4n) is 2.97. The highest BCUT2D eigenvalue weighted by Crippen LogP contribution is 2.31. The van der Waals surface area contributed by atoms with Crippen LogP contribution in [0.1, 0.15) is 39.2 Å². The minimum absolute atomic E-state index is 0.0114. The average molecular weight is 392 g/mol. The summed E-state index contributed by atoms with van der Waals surface area (Å²) in [6.45, 7) is 10.5. The molecule has 0 aliphatic rings. The second-order valence-corrected chi connectivity index (χ2v) is 7.68. The molecule has 0 radical (unpaired) electrons. The largest absolute Gasteiger partial charge is 0.493 e. The molecule has 0 aliphatic carbocycles. The molecule has 0 amide bonds. The van der Waals surface area contributed by atoms with Gasteiger partial charge in [0.15, 0.2) is 11.5 Å². The van der Waals surface area contributed by atoms with Gasteiger partial charge in [-0.3, -0.25) is 0 Å². The Balaban J connectivity index is 2.05. The standard InChI is InChI=1S/C26H33NO2/c1-7-26(4,17-8-9-20(2)3)18-16-21-10-12-22(13-11-21)27-23-14-15-24(28-5)25(19-23)29-6/h7,9-16,18-19,27H,1,8,17H2,2-6H3/b18-16+/t26-/m1/s1. The molecule has 0 heterocycles. The molecule has 2 rings (SSSR count). The molecule has 154 valence electrons. The summed E-state index contributed by atoms with van der Waals surface area (Å²) in [5.41, 5.74) is 4.48. The number of nitrogens with one attached hydrogen (secondary N) is 1. The number of rotatable bonds is 10. The van der Waals surface area contributed by atoms with E-state index < -0.39 is 0 Å². The average Bonchev–Trinajstić information content (AvgIpc) is 2.73. The zero-order chi connectivity index (χ0) is 21.3. The number of benzene rings is 2. The van der Waals surface area contributed by atoms with Gasteiger partial charge in [-0.1, -0.05) is 48.9 Å². The quantitative estimate of drug-likeness (QED) is 0.428. The van der Waals surface area contributed by atoms with Gasteiger partial charge in [-0.25, -0.2) is 0 Å². The van der Waals surface area contributed by atoms with Crippen LogP contribution in [0.15, 0.2) is 72.8 Å². The predicted octanol–water partition coefficient (Wildman–Crippen LogP) is 7.40. The zero-order valence-electron chi connectivity index (χ0n) is 18.3. The second kappa shape index (κ2) is 10.6. The molecule has 3 nitrogen and oxygen atoms in total. The van der Waals surface area contributed by atoms with Crippen molar-refractivity contribution in [2.45, 2.75) is 33.6 Å². The summed E-state index contributed by atoms with van der Waals surface area (Å²) in [4.78, 5) is 0. The Hall–Kier alpha value is -2.94. The minimum Gasteiger partial charge on any atom is -0.493 e. The molecule has 1 atom stereocenters. The minimum atomic E-state index is -0.0114. The summed E-state index contributed by atoms with van der Waals surface area (Å²) in [5.74, 6) is 1.42. The van der Waals surface area contributed by atoms with Gasteiger partial charge < -0.3 is 14.8 Å². The van der Waals surface area contributed by atoms with E-state index in [-0.39, 0.29) is 5.41 Å². The maximum Gasteiger partial charge on any atom is 0.162 e. The smallest absolute Gasteiger partial charge is 0.162 e. The zero-order valence-corrected chi connectivity index (χ0v) is 18.3. The van der Waals surface area contributed by atoms with Gasteiger partial charge >= 0.3 is 0 Å². The molecular formula is C26H33NO2. The Morgan fingerprint density at radius 1 is 1.00 bits per heavy atom. The molecule has 3 heteroatoms. The monoisotopic (exact) mass is 391 g/mol. The van der Waals surface area contributed by atoms with Gasteiger partial charge in [0, 0.05) is 22.9 Å². The van der Waals surface area contributed by atoms with Crippen LogP contribution in [0, 0.1) is 5.41 Å². The van der Waals surface area contributed by atoms with Gasteiger partial charge in [0.05, 0.1) is 14.2 Å². The Bertz CT molecular complexity index is 861. The van der Waals surface area contributed by atoms with Crippen LogP contribution in [0.2, 0.25) is 0 Å². The van der Waals surface area contributed by atoms with Crippen molar-refractivity contribution in [1.29, 1.82) is 0 Å². The summed E-state index contributed by atoms with van der Waals surface area (Å²) >= 11 is 0. The van der Waals surface area contributed by atoms with Crippen molar-refractivity contribution in [3.05, 3.63) is 78.4 Å². The third kappa shape index (κ3) is 6.86. The molecule has 1 N–H and O–H groups in total. The first kappa shape index (κ1) is 22.4. The fraction of sp³-hybridized carbons (Fsp3) is 0.308. The van der Waals surface area contributed by atoms with E-state index in [0.29, 0.717) is 11.5 Å². The van der Waals surface area contributed by atoms with Crippen molar-refractivity contribution in [2.75, 3.05) is 19.5 Å². The lowest BCUT2D eigenvalue weighted by molar-refractivity contribution is 0.355. The van der Waals surface area contributed by atoms with E-state index in [1.165, 1.54) is 5.57 Å². The molecule has 2 aromatic rings. The highest BCUT2D eigenvalue weighted by atomic mass is 16.5. The summed E-state index contributed by atoms with van der Waals surface area (Å²) in [6, 6.07) is 14.2. The van der Waals surface area contributed by atoms with Gasteiger partial charge in [-0.05, 0) is 56.5 Å². The van der Waals surface area contributed by atoms with E-state index in [4.69, 9.17) is 9.47 Å². The van der Waals surface area contributed by atoms with Crippen LogP contribution in [-0.4, -0.2) is 14.2 Å². The van der Waals surface area contributed by atoms with E-state index in [9.17, 15) is 0 Å². The normalized spacial score (nSPS) is 12.9. The Kier molecular flexibility index (Phi) is 8.14. The molecule has 0 fully saturated rings. The molecular weight excluding hydrogens is 358 g/mol. The topological polar surface area (TPSA) is 30.5 Å². The van der Waals surface area contributed by atoms with Gasteiger partial charge in [0.1, 0.15) is 0 Å². The van der Waals surface area contributed by atoms with Gasteiger partial charge in [0.25, 0.3) is 0 Å². The number of hydrogen-bond donors (Lipinski definition) is 1. The van der Waals surface area contributed by atoms with Crippen LogP contribution >= 0.6 is 0 Å². The van der Waals surface area contributed by atoms with Crippen molar-refractivity contribution in [3.8, 4) is 11.5 Å². The van der Waals surface area contributed by atoms with Crippen LogP contribution < -0.4 is 14.8 Å². The first-order valence-corrected chi connectivity index (χ1v) is 9.94. The van der Waals surface area contributed by atoms with Crippen molar-refractivity contribution < 1.29 is 9.47 Å². The summed E-state index contributed by atoms with van der Waals surface area (Å²) in [5, 5.41) is 3.40. The SMILES string of the molecule is C=C[C@@](C)(/C=C/c1ccc(Nc2ccc(OC)c(OC)c2)cc1)CCC=C(C)C. The first-order valence-electron chi connectivity index (χ1n) is 9.94. The second-order valence-electron chi connectivity index (χ2n) is 7.68. The highest BCUT2D eigenvalue weighted by Gasteiger charge is 2.15. The molecule has 0 spiro atoms. The Morgan fingerprint density at radius 2 is 1.66 bits per heavy atom. The Morgan fingerprint density at radius 3 is 2.24 bits per heavy atom. The number of anilines is 2. The number of ether oxygens (including phenoxy) is 2. The van der Waals surface area contributed by atoms with Gasteiger partial charge in [-0.15, -0.1) is 6.58 Å². The Labute approximate surface area is 175 Å². The molecule has 0 aliphatic heterocycles. The first-order chi connectivity index (χ1) is 13.9. The van der Waals surface area contributed by atoms with Crippen molar-refractivity contribution in [2.24, 2.45) is 5.41 Å². The fourth-order valence-corrected chi connectivity index (χ4v) is 2.97. The third-order valence-corrected chi connectivity index (χ3v) is 4.94. The van der Waals surface area contributed by atoms with Gasteiger partial charge in [-0.2, -0.15) is 0 Å². The molecule has 0 saturated carbocycles. The maximum absolute atomic E-state index is 5.36. The lowest BCUT2D eigenvalue weighted by Crippen LogP contribution is -2.08.